The van der Waals surface area contributed by atoms with E-state index in [0.29, 0.717) is 32.3 Å². The first-order valence-electron chi connectivity index (χ1n) is 13.9. The highest BCUT2D eigenvalue weighted by molar-refractivity contribution is 5.77. The van der Waals surface area contributed by atoms with Gasteiger partial charge in [-0.2, -0.15) is 0 Å². The Hall–Kier alpha value is -2.48. The molecule has 0 saturated carbocycles. The monoisotopic (exact) mass is 507 g/mol. The van der Waals surface area contributed by atoms with E-state index >= 15 is 0 Å². The Morgan fingerprint density at radius 2 is 2.05 bits per heavy atom. The molecule has 2 unspecified atom stereocenters. The van der Waals surface area contributed by atoms with Gasteiger partial charge >= 0.3 is 5.97 Å². The summed E-state index contributed by atoms with van der Waals surface area (Å²) in [5, 5.41) is 13.6. The maximum Gasteiger partial charge on any atom is 0.325 e. The van der Waals surface area contributed by atoms with Crippen molar-refractivity contribution in [3.63, 3.8) is 0 Å². The van der Waals surface area contributed by atoms with Gasteiger partial charge in [0.2, 0.25) is 0 Å². The van der Waals surface area contributed by atoms with Crippen molar-refractivity contribution >= 4 is 11.8 Å². The molecule has 0 spiro atoms. The third-order valence-electron chi connectivity index (χ3n) is 8.05. The van der Waals surface area contributed by atoms with Crippen LogP contribution in [-0.4, -0.2) is 59.4 Å². The first kappa shape index (κ1) is 26.1. The Morgan fingerprint density at radius 3 is 2.86 bits per heavy atom. The first-order valence-corrected chi connectivity index (χ1v) is 13.9. The molecule has 1 aromatic carbocycles. The van der Waals surface area contributed by atoms with Crippen molar-refractivity contribution < 1.29 is 19.4 Å². The zero-order valence-corrected chi connectivity index (χ0v) is 22.5. The Kier molecular flexibility index (Phi) is 7.84. The number of rotatable bonds is 10. The molecule has 2 N–H and O–H groups in total. The van der Waals surface area contributed by atoms with Crippen molar-refractivity contribution in [3.05, 3.63) is 58.3 Å². The standard InChI is InChI=1S/C30H41N3O4/c1-20-11-12-21-13-14-23(32-28(21)31-20)9-5-4-6-15-37-24-16-33(17-24)27(29(34)35)25-10-7-8-22-18-36-19-30(2,3)26(22)25/h7-8,10,13-14,20,24,27H,4-6,9,11-12,15-19H2,1-3H3,(H,31,32)(H,34,35). The van der Waals surface area contributed by atoms with Crippen LogP contribution in [0.5, 0.6) is 0 Å². The minimum Gasteiger partial charge on any atom is -0.480 e. The molecule has 7 heteroatoms. The van der Waals surface area contributed by atoms with Gasteiger partial charge in [-0.3, -0.25) is 9.69 Å². The molecular formula is C30H41N3O4. The van der Waals surface area contributed by atoms with Crippen LogP contribution in [-0.2, 0) is 39.1 Å². The summed E-state index contributed by atoms with van der Waals surface area (Å²) >= 11 is 0. The quantitative estimate of drug-likeness (QED) is 0.444. The number of anilines is 1. The summed E-state index contributed by atoms with van der Waals surface area (Å²) in [6.07, 6.45) is 6.59. The number of likely N-dealkylation sites (tertiary alicyclic amines) is 1. The molecule has 0 aliphatic carbocycles. The Morgan fingerprint density at radius 1 is 1.22 bits per heavy atom. The Bertz CT molecular complexity index is 1110. The Labute approximate surface area is 220 Å². The number of carbonyl (C=O) groups is 1. The second kappa shape index (κ2) is 11.1. The lowest BCUT2D eigenvalue weighted by Gasteiger charge is -2.44. The number of ether oxygens (including phenoxy) is 2. The lowest BCUT2D eigenvalue weighted by molar-refractivity contribution is -0.151. The summed E-state index contributed by atoms with van der Waals surface area (Å²) in [7, 11) is 0. The van der Waals surface area contributed by atoms with Crippen LogP contribution in [0.15, 0.2) is 30.3 Å². The number of aliphatic carboxylic acids is 1. The van der Waals surface area contributed by atoms with Gasteiger partial charge in [0.25, 0.3) is 0 Å². The number of nitrogens with zero attached hydrogens (tertiary/aromatic N) is 2. The molecule has 1 fully saturated rings. The van der Waals surface area contributed by atoms with Gasteiger partial charge in [0.1, 0.15) is 11.9 Å². The lowest BCUT2D eigenvalue weighted by atomic mass is 9.76. The minimum atomic E-state index is -0.797. The molecule has 0 amide bonds. The number of aromatic nitrogens is 1. The van der Waals surface area contributed by atoms with Crippen molar-refractivity contribution in [1.82, 2.24) is 9.88 Å². The highest BCUT2D eigenvalue weighted by atomic mass is 16.5. The van der Waals surface area contributed by atoms with Crippen LogP contribution >= 0.6 is 0 Å². The van der Waals surface area contributed by atoms with Crippen LogP contribution in [0.4, 0.5) is 5.82 Å². The number of aryl methyl sites for hydroxylation is 2. The van der Waals surface area contributed by atoms with E-state index in [0.717, 1.165) is 66.9 Å². The smallest absolute Gasteiger partial charge is 0.325 e. The zero-order chi connectivity index (χ0) is 26.0. The predicted octanol–water partition coefficient (Wildman–Crippen LogP) is 4.88. The van der Waals surface area contributed by atoms with Gasteiger partial charge in [-0.1, -0.05) is 44.5 Å². The summed E-state index contributed by atoms with van der Waals surface area (Å²) in [6.45, 7) is 9.66. The normalized spacial score (nSPS) is 21.9. The molecule has 1 saturated heterocycles. The van der Waals surface area contributed by atoms with Gasteiger partial charge in [0.05, 0.1) is 19.3 Å². The summed E-state index contributed by atoms with van der Waals surface area (Å²) in [5.41, 5.74) is 5.43. The summed E-state index contributed by atoms with van der Waals surface area (Å²) in [5.74, 6) is 0.274. The van der Waals surface area contributed by atoms with Crippen LogP contribution in [0.3, 0.4) is 0 Å². The van der Waals surface area contributed by atoms with Crippen LogP contribution in [0, 0.1) is 0 Å². The maximum atomic E-state index is 12.4. The van der Waals surface area contributed by atoms with Crippen LogP contribution in [0.2, 0.25) is 0 Å². The molecule has 37 heavy (non-hydrogen) atoms. The highest BCUT2D eigenvalue weighted by Gasteiger charge is 2.41. The number of pyridine rings is 1. The van der Waals surface area contributed by atoms with Crippen molar-refractivity contribution in [1.29, 1.82) is 0 Å². The SMILES string of the molecule is CC1CCc2ccc(CCCCCOC3CN(C(C(=O)O)c4cccc5c4C(C)(C)COC5)C3)nc2N1. The van der Waals surface area contributed by atoms with Gasteiger partial charge in [-0.05, 0) is 67.3 Å². The van der Waals surface area contributed by atoms with Crippen molar-refractivity contribution in [2.75, 3.05) is 31.6 Å². The minimum absolute atomic E-state index is 0.105. The maximum absolute atomic E-state index is 12.4. The third-order valence-corrected chi connectivity index (χ3v) is 8.05. The van der Waals surface area contributed by atoms with E-state index in [9.17, 15) is 9.90 Å². The van der Waals surface area contributed by atoms with Gasteiger partial charge < -0.3 is 19.9 Å². The predicted molar refractivity (Wildman–Crippen MR) is 144 cm³/mol. The second-order valence-corrected chi connectivity index (χ2v) is 11.7. The number of carboxylic acid groups (broad SMARTS) is 1. The number of fused-ring (bicyclic) bond motifs is 2. The number of hydrogen-bond donors (Lipinski definition) is 2. The molecule has 2 atom stereocenters. The van der Waals surface area contributed by atoms with Gasteiger partial charge in [-0.15, -0.1) is 0 Å². The number of carboxylic acids is 1. The van der Waals surface area contributed by atoms with E-state index in [1.165, 1.54) is 12.0 Å². The molecule has 5 rings (SSSR count). The molecule has 3 aliphatic heterocycles. The largest absolute Gasteiger partial charge is 0.480 e. The van der Waals surface area contributed by atoms with Crippen LogP contribution < -0.4 is 5.32 Å². The fraction of sp³-hybridized carbons (Fsp3) is 0.600. The summed E-state index contributed by atoms with van der Waals surface area (Å²) in [4.78, 5) is 19.2. The number of hydrogen-bond acceptors (Lipinski definition) is 6. The van der Waals surface area contributed by atoms with Crippen molar-refractivity contribution in [2.24, 2.45) is 0 Å². The van der Waals surface area contributed by atoms with Gasteiger partial charge in [0.15, 0.2) is 0 Å². The third kappa shape index (κ3) is 5.84. The lowest BCUT2D eigenvalue weighted by Crippen LogP contribution is -2.55. The number of nitrogens with one attached hydrogen (secondary N) is 1. The van der Waals surface area contributed by atoms with E-state index in [2.05, 4.69) is 44.3 Å². The molecule has 0 radical (unpaired) electrons. The topological polar surface area (TPSA) is 83.9 Å². The Balaban J connectivity index is 1.06. The molecule has 3 aliphatic rings. The van der Waals surface area contributed by atoms with Crippen LogP contribution in [0.25, 0.3) is 0 Å². The summed E-state index contributed by atoms with van der Waals surface area (Å²) < 4.78 is 11.8. The van der Waals surface area contributed by atoms with E-state index in [1.54, 1.807) is 0 Å². The fourth-order valence-electron chi connectivity index (χ4n) is 6.06. The fourth-order valence-corrected chi connectivity index (χ4v) is 6.06. The molecule has 1 aromatic heterocycles. The number of benzene rings is 1. The summed E-state index contributed by atoms with van der Waals surface area (Å²) in [6, 6.07) is 10.2. The van der Waals surface area contributed by atoms with Crippen LogP contribution in [0.1, 0.15) is 80.4 Å². The number of unbranched alkanes of at least 4 members (excludes halogenated alkanes) is 2. The molecule has 2 aromatic rings. The molecule has 0 bridgehead atoms. The van der Waals surface area contributed by atoms with Gasteiger partial charge in [0, 0.05) is 36.8 Å². The molecule has 7 nitrogen and oxygen atoms in total. The average molecular weight is 508 g/mol. The average Bonchev–Trinajstić information content (AvgIpc) is 2.83. The highest BCUT2D eigenvalue weighted by Crippen LogP contribution is 2.40. The molecule has 4 heterocycles. The molecular weight excluding hydrogens is 466 g/mol. The zero-order valence-electron chi connectivity index (χ0n) is 22.5. The van der Waals surface area contributed by atoms with Crippen molar-refractivity contribution in [3.8, 4) is 0 Å². The van der Waals surface area contributed by atoms with Crippen molar-refractivity contribution in [2.45, 2.75) is 89.5 Å². The van der Waals surface area contributed by atoms with E-state index in [4.69, 9.17) is 14.5 Å². The van der Waals surface area contributed by atoms with Gasteiger partial charge in [-0.25, -0.2) is 4.98 Å². The van der Waals surface area contributed by atoms with E-state index in [-0.39, 0.29) is 11.5 Å². The van der Waals surface area contributed by atoms with E-state index < -0.39 is 12.0 Å². The second-order valence-electron chi connectivity index (χ2n) is 11.7. The molecule has 200 valence electrons. The first-order chi connectivity index (χ1) is 17.8. The van der Waals surface area contributed by atoms with E-state index in [1.807, 2.05) is 17.0 Å².